The molecule has 0 bridgehead atoms. The van der Waals surface area contributed by atoms with Crippen LogP contribution in [0.5, 0.6) is 0 Å². The molecule has 17 heavy (non-hydrogen) atoms. The van der Waals surface area contributed by atoms with Gasteiger partial charge in [0.25, 0.3) is 0 Å². The quantitative estimate of drug-likeness (QED) is 0.758. The van der Waals surface area contributed by atoms with Crippen molar-refractivity contribution in [1.82, 2.24) is 9.78 Å². The predicted molar refractivity (Wildman–Crippen MR) is 61.8 cm³/mol. The van der Waals surface area contributed by atoms with Gasteiger partial charge in [0.15, 0.2) is 0 Å². The third-order valence-corrected chi connectivity index (χ3v) is 2.48. The number of nitrogens with two attached hydrogens (primary N) is 1. The van der Waals surface area contributed by atoms with Crippen molar-refractivity contribution in [3.63, 3.8) is 0 Å². The molecule has 1 aromatic heterocycles. The minimum absolute atomic E-state index is 0.0381. The summed E-state index contributed by atoms with van der Waals surface area (Å²) in [6.45, 7) is 3.70. The Kier molecular flexibility index (Phi) is 2.59. The molecule has 5 nitrogen and oxygen atoms in total. The number of benzene rings is 1. The lowest BCUT2D eigenvalue weighted by molar-refractivity contribution is -0.255. The highest BCUT2D eigenvalue weighted by Crippen LogP contribution is 2.19. The van der Waals surface area contributed by atoms with Crippen molar-refractivity contribution in [3.05, 3.63) is 41.2 Å². The predicted octanol–water partition coefficient (Wildman–Crippen LogP) is 0.435. The molecule has 2 aromatic rings. The molecule has 2 N–H and O–H groups in total. The van der Waals surface area contributed by atoms with Gasteiger partial charge in [-0.2, -0.15) is 5.10 Å². The molecule has 0 aliphatic carbocycles. The Morgan fingerprint density at radius 1 is 1.35 bits per heavy atom. The fourth-order valence-electron chi connectivity index (χ4n) is 1.77. The molecule has 0 fully saturated rings. The summed E-state index contributed by atoms with van der Waals surface area (Å²) in [6.07, 6.45) is 0. The van der Waals surface area contributed by atoms with Crippen LogP contribution >= 0.6 is 0 Å². The third kappa shape index (κ3) is 1.99. The lowest BCUT2D eigenvalue weighted by Gasteiger charge is -2.12. The molecule has 1 heterocycles. The second kappa shape index (κ2) is 3.93. The Hall–Kier alpha value is -2.30. The van der Waals surface area contributed by atoms with E-state index in [2.05, 4.69) is 5.10 Å². The zero-order valence-electron chi connectivity index (χ0n) is 9.60. The minimum Gasteiger partial charge on any atom is -0.545 e. The Balaban J connectivity index is 2.67. The van der Waals surface area contributed by atoms with Crippen LogP contribution in [0.4, 0.5) is 5.69 Å². The number of nitrogen functional groups attached to an aromatic ring is 1. The van der Waals surface area contributed by atoms with Crippen LogP contribution in [-0.2, 0) is 0 Å². The molecule has 0 atom stereocenters. The summed E-state index contributed by atoms with van der Waals surface area (Å²) in [5, 5.41) is 15.3. The Morgan fingerprint density at radius 2 is 2.06 bits per heavy atom. The topological polar surface area (TPSA) is 84.0 Å². The number of hydrogen-bond acceptors (Lipinski definition) is 4. The standard InChI is InChI=1S/C12H13N3O2/c1-7-5-8(2)15(14-7)11-4-3-9(13)6-10(11)12(16)17/h3-6H,13H2,1-2H3,(H,16,17)/p-1. The number of carbonyl (C=O) groups is 1. The van der Waals surface area contributed by atoms with Gasteiger partial charge >= 0.3 is 0 Å². The summed E-state index contributed by atoms with van der Waals surface area (Å²) in [4.78, 5) is 11.1. The number of carbonyl (C=O) groups excluding carboxylic acids is 1. The number of carboxylic acids is 1. The van der Waals surface area contributed by atoms with E-state index in [0.29, 0.717) is 11.4 Å². The highest BCUT2D eigenvalue weighted by molar-refractivity contribution is 5.91. The number of aromatic carboxylic acids is 1. The van der Waals surface area contributed by atoms with E-state index in [9.17, 15) is 9.90 Å². The van der Waals surface area contributed by atoms with Crippen LogP contribution in [-0.4, -0.2) is 15.7 Å². The number of anilines is 1. The van der Waals surface area contributed by atoms with Gasteiger partial charge in [-0.25, -0.2) is 4.68 Å². The highest BCUT2D eigenvalue weighted by Gasteiger charge is 2.10. The summed E-state index contributed by atoms with van der Waals surface area (Å²) in [5.41, 5.74) is 8.13. The number of nitrogens with zero attached hydrogens (tertiary/aromatic N) is 2. The normalized spacial score (nSPS) is 10.5. The second-order valence-corrected chi connectivity index (χ2v) is 3.90. The average Bonchev–Trinajstić information content (AvgIpc) is 2.57. The maximum Gasteiger partial charge on any atom is 0.0740 e. The summed E-state index contributed by atoms with van der Waals surface area (Å²) in [6, 6.07) is 6.51. The van der Waals surface area contributed by atoms with Crippen LogP contribution in [0, 0.1) is 13.8 Å². The van der Waals surface area contributed by atoms with E-state index in [1.807, 2.05) is 19.9 Å². The van der Waals surface area contributed by atoms with Gasteiger partial charge in [0.1, 0.15) is 0 Å². The van der Waals surface area contributed by atoms with Gasteiger partial charge in [-0.1, -0.05) is 0 Å². The molecular formula is C12H12N3O2-. The van der Waals surface area contributed by atoms with Crippen LogP contribution in [0.1, 0.15) is 21.7 Å². The maximum atomic E-state index is 11.1. The van der Waals surface area contributed by atoms with Crippen molar-refractivity contribution in [2.75, 3.05) is 5.73 Å². The van der Waals surface area contributed by atoms with Gasteiger partial charge < -0.3 is 15.6 Å². The molecule has 0 saturated heterocycles. The first-order chi connectivity index (χ1) is 7.99. The van der Waals surface area contributed by atoms with Gasteiger partial charge in [-0.05, 0) is 38.1 Å². The number of carboxylic acid groups (broad SMARTS) is 1. The molecule has 0 saturated carbocycles. The van der Waals surface area contributed by atoms with E-state index in [-0.39, 0.29) is 5.56 Å². The van der Waals surface area contributed by atoms with Gasteiger partial charge in [0, 0.05) is 16.9 Å². The molecule has 0 spiro atoms. The van der Waals surface area contributed by atoms with Crippen molar-refractivity contribution in [1.29, 1.82) is 0 Å². The Bertz CT molecular complexity index is 587. The zero-order chi connectivity index (χ0) is 12.6. The number of aryl methyl sites for hydroxylation is 2. The smallest absolute Gasteiger partial charge is 0.0740 e. The van der Waals surface area contributed by atoms with Crippen LogP contribution in [0.2, 0.25) is 0 Å². The molecule has 2 rings (SSSR count). The first-order valence-electron chi connectivity index (χ1n) is 5.13. The van der Waals surface area contributed by atoms with E-state index < -0.39 is 5.97 Å². The monoisotopic (exact) mass is 230 g/mol. The van der Waals surface area contributed by atoms with Crippen molar-refractivity contribution in [2.45, 2.75) is 13.8 Å². The lowest BCUT2D eigenvalue weighted by atomic mass is 10.1. The summed E-state index contributed by atoms with van der Waals surface area (Å²) in [5.74, 6) is -1.26. The molecule has 1 aromatic carbocycles. The summed E-state index contributed by atoms with van der Waals surface area (Å²) >= 11 is 0. The van der Waals surface area contributed by atoms with Crippen LogP contribution in [0.3, 0.4) is 0 Å². The minimum atomic E-state index is -1.26. The Labute approximate surface area is 98.5 Å². The van der Waals surface area contributed by atoms with Crippen LogP contribution in [0.25, 0.3) is 5.69 Å². The van der Waals surface area contributed by atoms with Crippen LogP contribution in [0.15, 0.2) is 24.3 Å². The van der Waals surface area contributed by atoms with Crippen molar-refractivity contribution in [3.8, 4) is 5.69 Å². The number of aromatic nitrogens is 2. The summed E-state index contributed by atoms with van der Waals surface area (Å²) in [7, 11) is 0. The molecule has 0 unspecified atom stereocenters. The second-order valence-electron chi connectivity index (χ2n) is 3.90. The van der Waals surface area contributed by atoms with E-state index in [4.69, 9.17) is 5.73 Å². The van der Waals surface area contributed by atoms with Crippen molar-refractivity contribution in [2.24, 2.45) is 0 Å². The summed E-state index contributed by atoms with van der Waals surface area (Å²) < 4.78 is 1.57. The van der Waals surface area contributed by atoms with Crippen LogP contribution < -0.4 is 10.8 Å². The van der Waals surface area contributed by atoms with Gasteiger partial charge in [0.2, 0.25) is 0 Å². The number of rotatable bonds is 2. The molecule has 0 aliphatic rings. The molecule has 0 amide bonds. The van der Waals surface area contributed by atoms with E-state index >= 15 is 0 Å². The van der Waals surface area contributed by atoms with E-state index in [1.54, 1.807) is 16.8 Å². The fourth-order valence-corrected chi connectivity index (χ4v) is 1.77. The van der Waals surface area contributed by atoms with E-state index in [0.717, 1.165) is 11.4 Å². The Morgan fingerprint density at radius 3 is 2.59 bits per heavy atom. The van der Waals surface area contributed by atoms with Gasteiger partial charge in [-0.15, -0.1) is 0 Å². The fraction of sp³-hybridized carbons (Fsp3) is 0.167. The van der Waals surface area contributed by atoms with E-state index in [1.165, 1.54) is 6.07 Å². The van der Waals surface area contributed by atoms with Gasteiger partial charge in [0.05, 0.1) is 17.4 Å². The molecule has 88 valence electrons. The van der Waals surface area contributed by atoms with Crippen molar-refractivity contribution >= 4 is 11.7 Å². The lowest BCUT2D eigenvalue weighted by Crippen LogP contribution is -2.24. The first-order valence-corrected chi connectivity index (χ1v) is 5.13. The van der Waals surface area contributed by atoms with Gasteiger partial charge in [-0.3, -0.25) is 0 Å². The molecular weight excluding hydrogens is 218 g/mol. The maximum absolute atomic E-state index is 11.1. The SMILES string of the molecule is Cc1cc(C)n(-c2ccc(N)cc2C(=O)[O-])n1. The molecule has 0 radical (unpaired) electrons. The molecule has 0 aliphatic heterocycles. The zero-order valence-corrected chi connectivity index (χ0v) is 9.60. The molecule has 5 heteroatoms. The number of hydrogen-bond donors (Lipinski definition) is 1. The average molecular weight is 230 g/mol. The highest BCUT2D eigenvalue weighted by atomic mass is 16.4. The van der Waals surface area contributed by atoms with Crippen molar-refractivity contribution < 1.29 is 9.90 Å². The largest absolute Gasteiger partial charge is 0.545 e. The third-order valence-electron chi connectivity index (χ3n) is 2.48. The first kappa shape index (κ1) is 11.2.